The van der Waals surface area contributed by atoms with E-state index in [0.717, 1.165) is 6.54 Å². The van der Waals surface area contributed by atoms with Crippen molar-refractivity contribution >= 4 is 0 Å². The summed E-state index contributed by atoms with van der Waals surface area (Å²) < 4.78 is 2.24. The van der Waals surface area contributed by atoms with Gasteiger partial charge in [0.15, 0.2) is 24.8 Å². The van der Waals surface area contributed by atoms with E-state index in [1.54, 1.807) is 0 Å². The SMILES string of the molecule is CCCC[n+]1ccc(-c2cc[nH+]cc2)cc1. The van der Waals surface area contributed by atoms with Crippen LogP contribution in [0.3, 0.4) is 0 Å². The van der Waals surface area contributed by atoms with Gasteiger partial charge in [-0.15, -0.1) is 0 Å². The maximum Gasteiger partial charge on any atom is 0.169 e. The van der Waals surface area contributed by atoms with Crippen LogP contribution < -0.4 is 9.55 Å². The smallest absolute Gasteiger partial charge is 0.169 e. The minimum Gasteiger partial charge on any atom is -0.218 e. The first-order valence-electron chi connectivity index (χ1n) is 5.86. The lowest BCUT2D eigenvalue weighted by atomic mass is 10.1. The van der Waals surface area contributed by atoms with Gasteiger partial charge in [-0.05, 0) is 11.1 Å². The van der Waals surface area contributed by atoms with E-state index in [-0.39, 0.29) is 0 Å². The number of hydrogen-bond acceptors (Lipinski definition) is 0. The highest BCUT2D eigenvalue weighted by molar-refractivity contribution is 5.60. The number of rotatable bonds is 4. The van der Waals surface area contributed by atoms with Gasteiger partial charge in [0.05, 0.1) is 0 Å². The van der Waals surface area contributed by atoms with Crippen molar-refractivity contribution in [3.8, 4) is 11.1 Å². The lowest BCUT2D eigenvalue weighted by molar-refractivity contribution is -0.697. The molecule has 0 saturated heterocycles. The highest BCUT2D eigenvalue weighted by Gasteiger charge is 2.02. The van der Waals surface area contributed by atoms with Crippen LogP contribution in [0, 0.1) is 0 Å². The molecule has 0 aliphatic heterocycles. The molecule has 0 spiro atoms. The molecule has 0 unspecified atom stereocenters. The Morgan fingerprint density at radius 3 is 2.25 bits per heavy atom. The number of aromatic amines is 1. The summed E-state index contributed by atoms with van der Waals surface area (Å²) in [7, 11) is 0. The molecule has 2 aromatic rings. The Balaban J connectivity index is 2.13. The predicted octanol–water partition coefficient (Wildman–Crippen LogP) is 2.26. The number of aromatic nitrogens is 2. The first kappa shape index (κ1) is 10.8. The largest absolute Gasteiger partial charge is 0.218 e. The molecule has 2 rings (SSSR count). The summed E-state index contributed by atoms with van der Waals surface area (Å²) >= 11 is 0. The maximum atomic E-state index is 3.04. The Bertz CT molecular complexity index is 420. The number of nitrogens with one attached hydrogen (secondary N) is 1. The second-order valence-electron chi connectivity index (χ2n) is 3.97. The summed E-state index contributed by atoms with van der Waals surface area (Å²) in [5.41, 5.74) is 2.52. The number of hydrogen-bond donors (Lipinski definition) is 0. The van der Waals surface area contributed by atoms with Crippen LogP contribution in [0.4, 0.5) is 0 Å². The zero-order valence-corrected chi connectivity index (χ0v) is 9.69. The third kappa shape index (κ3) is 2.66. The second-order valence-corrected chi connectivity index (χ2v) is 3.97. The number of H-pyrrole nitrogens is 1. The Labute approximate surface area is 96.6 Å². The van der Waals surface area contributed by atoms with Crippen LogP contribution >= 0.6 is 0 Å². The fourth-order valence-corrected chi connectivity index (χ4v) is 1.72. The van der Waals surface area contributed by atoms with Crippen molar-refractivity contribution in [1.82, 2.24) is 0 Å². The lowest BCUT2D eigenvalue weighted by Crippen LogP contribution is -2.32. The zero-order valence-electron chi connectivity index (χ0n) is 9.69. The summed E-state index contributed by atoms with van der Waals surface area (Å²) in [6.45, 7) is 3.33. The molecule has 0 aliphatic rings. The summed E-state index contributed by atoms with van der Waals surface area (Å²) in [5.74, 6) is 0. The van der Waals surface area contributed by atoms with E-state index in [4.69, 9.17) is 0 Å². The molecular weight excluding hydrogens is 196 g/mol. The Morgan fingerprint density at radius 1 is 1.00 bits per heavy atom. The van der Waals surface area contributed by atoms with Gasteiger partial charge in [0.1, 0.15) is 6.54 Å². The molecule has 2 aromatic heterocycles. The van der Waals surface area contributed by atoms with Gasteiger partial charge in [0, 0.05) is 30.7 Å². The van der Waals surface area contributed by atoms with Crippen LogP contribution in [0.5, 0.6) is 0 Å². The highest BCUT2D eigenvalue weighted by atomic mass is 14.9. The number of aryl methyl sites for hydroxylation is 1. The highest BCUT2D eigenvalue weighted by Crippen LogP contribution is 2.14. The van der Waals surface area contributed by atoms with Crippen molar-refractivity contribution in [3.05, 3.63) is 49.1 Å². The minimum atomic E-state index is 1.11. The molecule has 2 nitrogen and oxygen atoms in total. The quantitative estimate of drug-likeness (QED) is 0.695. The van der Waals surface area contributed by atoms with Crippen molar-refractivity contribution in [2.24, 2.45) is 0 Å². The molecule has 0 fully saturated rings. The lowest BCUT2D eigenvalue weighted by Gasteiger charge is -1.99. The predicted molar refractivity (Wildman–Crippen MR) is 63.5 cm³/mol. The molecule has 0 amide bonds. The van der Waals surface area contributed by atoms with Gasteiger partial charge in [-0.1, -0.05) is 13.3 Å². The molecule has 0 atom stereocenters. The maximum absolute atomic E-state index is 3.04. The molecule has 0 aliphatic carbocycles. The summed E-state index contributed by atoms with van der Waals surface area (Å²) in [5, 5.41) is 0. The molecule has 82 valence electrons. The topological polar surface area (TPSA) is 18.0 Å². The third-order valence-electron chi connectivity index (χ3n) is 2.71. The van der Waals surface area contributed by atoms with E-state index < -0.39 is 0 Å². The summed E-state index contributed by atoms with van der Waals surface area (Å²) in [6.07, 6.45) is 10.7. The first-order chi connectivity index (χ1) is 7.90. The van der Waals surface area contributed by atoms with E-state index >= 15 is 0 Å². The van der Waals surface area contributed by atoms with E-state index in [1.165, 1.54) is 24.0 Å². The molecule has 0 aromatic carbocycles. The zero-order chi connectivity index (χ0) is 11.2. The molecular formula is C14H18N2+2. The van der Waals surface area contributed by atoms with Crippen LogP contribution in [0.25, 0.3) is 11.1 Å². The Hall–Kier alpha value is -1.70. The van der Waals surface area contributed by atoms with Crippen molar-refractivity contribution in [1.29, 1.82) is 0 Å². The minimum absolute atomic E-state index is 1.11. The van der Waals surface area contributed by atoms with Crippen molar-refractivity contribution in [3.63, 3.8) is 0 Å². The number of nitrogens with zero attached hydrogens (tertiary/aromatic N) is 1. The molecule has 1 N–H and O–H groups in total. The van der Waals surface area contributed by atoms with E-state index in [0.29, 0.717) is 0 Å². The van der Waals surface area contributed by atoms with Crippen LogP contribution in [0.2, 0.25) is 0 Å². The number of pyridine rings is 2. The molecule has 0 saturated carbocycles. The van der Waals surface area contributed by atoms with Gasteiger partial charge < -0.3 is 0 Å². The molecule has 0 radical (unpaired) electrons. The van der Waals surface area contributed by atoms with Crippen molar-refractivity contribution in [2.45, 2.75) is 26.3 Å². The van der Waals surface area contributed by atoms with Gasteiger partial charge in [-0.2, -0.15) is 0 Å². The number of unbranched alkanes of at least 4 members (excludes halogenated alkanes) is 1. The molecule has 2 heterocycles. The standard InChI is InChI=1S/C14H17N2/c1-2-3-10-16-11-6-14(7-12-16)13-4-8-15-9-5-13/h4-9,11-12H,2-3,10H2,1H3/q+1/p+1. The Kier molecular flexibility index (Phi) is 3.65. The van der Waals surface area contributed by atoms with Crippen LogP contribution in [0.15, 0.2) is 49.1 Å². The van der Waals surface area contributed by atoms with Crippen LogP contribution in [-0.4, -0.2) is 0 Å². The molecule has 2 heteroatoms. The van der Waals surface area contributed by atoms with Gasteiger partial charge in [-0.25, -0.2) is 9.55 Å². The average molecular weight is 214 g/mol. The molecule has 0 bridgehead atoms. The average Bonchev–Trinajstić information content (AvgIpc) is 2.38. The third-order valence-corrected chi connectivity index (χ3v) is 2.71. The molecule has 16 heavy (non-hydrogen) atoms. The van der Waals surface area contributed by atoms with E-state index in [1.807, 2.05) is 12.4 Å². The first-order valence-corrected chi connectivity index (χ1v) is 5.86. The van der Waals surface area contributed by atoms with Crippen molar-refractivity contribution in [2.75, 3.05) is 0 Å². The Morgan fingerprint density at radius 2 is 1.62 bits per heavy atom. The van der Waals surface area contributed by atoms with E-state index in [2.05, 4.69) is 53.1 Å². The fraction of sp³-hybridized carbons (Fsp3) is 0.286. The summed E-state index contributed by atoms with van der Waals surface area (Å²) in [4.78, 5) is 3.04. The van der Waals surface area contributed by atoms with Gasteiger partial charge in [0.25, 0.3) is 0 Å². The second kappa shape index (κ2) is 5.40. The summed E-state index contributed by atoms with van der Waals surface area (Å²) in [6, 6.07) is 8.52. The van der Waals surface area contributed by atoms with Gasteiger partial charge >= 0.3 is 0 Å². The normalized spacial score (nSPS) is 10.3. The van der Waals surface area contributed by atoms with Crippen molar-refractivity contribution < 1.29 is 9.55 Å². The monoisotopic (exact) mass is 214 g/mol. The van der Waals surface area contributed by atoms with Crippen LogP contribution in [-0.2, 0) is 6.54 Å². The van der Waals surface area contributed by atoms with Crippen LogP contribution in [0.1, 0.15) is 19.8 Å². The fourth-order valence-electron chi connectivity index (χ4n) is 1.72. The van der Waals surface area contributed by atoms with Gasteiger partial charge in [0.2, 0.25) is 0 Å². The van der Waals surface area contributed by atoms with E-state index in [9.17, 15) is 0 Å². The van der Waals surface area contributed by atoms with Gasteiger partial charge in [-0.3, -0.25) is 0 Å².